The summed E-state index contributed by atoms with van der Waals surface area (Å²) >= 11 is 0. The van der Waals surface area contributed by atoms with Gasteiger partial charge >= 0.3 is 6.18 Å². The van der Waals surface area contributed by atoms with Gasteiger partial charge in [0.05, 0.1) is 23.1 Å². The van der Waals surface area contributed by atoms with Crippen LogP contribution >= 0.6 is 0 Å². The molecular weight excluding hydrogens is 423 g/mol. The Hall–Kier alpha value is -1.98. The molecule has 1 aromatic heterocycles. The van der Waals surface area contributed by atoms with Crippen LogP contribution in [0.1, 0.15) is 55.4 Å². The van der Waals surface area contributed by atoms with Gasteiger partial charge < -0.3 is 9.26 Å². The summed E-state index contributed by atoms with van der Waals surface area (Å²) in [5, 5.41) is 3.92. The lowest BCUT2D eigenvalue weighted by atomic mass is 10.0. The average molecular weight is 445 g/mol. The number of sulfonamides is 1. The van der Waals surface area contributed by atoms with Gasteiger partial charge in [0, 0.05) is 6.54 Å². The van der Waals surface area contributed by atoms with Crippen LogP contribution in [0.5, 0.6) is 0 Å². The topological polar surface area (TPSA) is 85.5 Å². The van der Waals surface area contributed by atoms with Gasteiger partial charge in [-0.05, 0) is 49.8 Å². The Bertz CT molecular complexity index is 989. The molecule has 7 nitrogen and oxygen atoms in total. The summed E-state index contributed by atoms with van der Waals surface area (Å²) in [6.07, 6.45) is -0.514. The molecule has 2 fully saturated rings. The second-order valence-electron chi connectivity index (χ2n) is 7.66. The van der Waals surface area contributed by atoms with Crippen LogP contribution in [0.25, 0.3) is 0 Å². The van der Waals surface area contributed by atoms with E-state index in [2.05, 4.69) is 10.1 Å². The Kier molecular flexibility index (Phi) is 5.86. The maximum Gasteiger partial charge on any atom is 0.416 e. The van der Waals surface area contributed by atoms with E-state index in [1.54, 1.807) is 0 Å². The van der Waals surface area contributed by atoms with Crippen molar-refractivity contribution in [3.8, 4) is 0 Å². The highest BCUT2D eigenvalue weighted by atomic mass is 32.2. The number of ether oxygens (including phenoxy) is 1. The van der Waals surface area contributed by atoms with Crippen molar-refractivity contribution in [2.75, 3.05) is 13.2 Å². The third-order valence-corrected chi connectivity index (χ3v) is 7.18. The normalized spacial score (nSPS) is 21.1. The Labute approximate surface area is 172 Å². The summed E-state index contributed by atoms with van der Waals surface area (Å²) in [4.78, 5) is 3.87. The van der Waals surface area contributed by atoms with Crippen molar-refractivity contribution in [3.05, 3.63) is 41.5 Å². The highest BCUT2D eigenvalue weighted by Crippen LogP contribution is 2.36. The molecule has 30 heavy (non-hydrogen) atoms. The van der Waals surface area contributed by atoms with Crippen molar-refractivity contribution < 1.29 is 30.8 Å². The Morgan fingerprint density at radius 3 is 2.73 bits per heavy atom. The Morgan fingerprint density at radius 2 is 2.00 bits per heavy atom. The SMILES string of the molecule is O=S(=O)(c1cccc(C(F)(F)F)c1)N1CCCCC1c1noc(COCC2CC2)n1. The monoisotopic (exact) mass is 445 g/mol. The van der Waals surface area contributed by atoms with Crippen molar-refractivity contribution in [2.24, 2.45) is 5.92 Å². The van der Waals surface area contributed by atoms with Crippen molar-refractivity contribution >= 4 is 10.0 Å². The van der Waals surface area contributed by atoms with Crippen LogP contribution in [-0.4, -0.2) is 36.0 Å². The largest absolute Gasteiger partial charge is 0.416 e. The first-order valence-electron chi connectivity index (χ1n) is 9.84. The number of benzene rings is 1. The zero-order valence-corrected chi connectivity index (χ0v) is 17.0. The highest BCUT2D eigenvalue weighted by Gasteiger charge is 2.38. The van der Waals surface area contributed by atoms with Crippen LogP contribution in [0.2, 0.25) is 0 Å². The summed E-state index contributed by atoms with van der Waals surface area (Å²) in [5.74, 6) is 1.04. The van der Waals surface area contributed by atoms with Crippen molar-refractivity contribution in [2.45, 2.75) is 55.8 Å². The molecule has 164 valence electrons. The first-order valence-corrected chi connectivity index (χ1v) is 11.3. The van der Waals surface area contributed by atoms with Crippen LogP contribution < -0.4 is 0 Å². The minimum atomic E-state index is -4.63. The van der Waals surface area contributed by atoms with Gasteiger partial charge in [-0.2, -0.15) is 22.5 Å². The minimum Gasteiger partial charge on any atom is -0.371 e. The van der Waals surface area contributed by atoms with Gasteiger partial charge in [-0.3, -0.25) is 0 Å². The van der Waals surface area contributed by atoms with E-state index in [4.69, 9.17) is 9.26 Å². The molecule has 0 radical (unpaired) electrons. The molecule has 4 rings (SSSR count). The van der Waals surface area contributed by atoms with E-state index in [1.807, 2.05) is 0 Å². The zero-order valence-electron chi connectivity index (χ0n) is 16.1. The number of nitrogens with zero attached hydrogens (tertiary/aromatic N) is 3. The van der Waals surface area contributed by atoms with Crippen LogP contribution in [-0.2, 0) is 27.5 Å². The fourth-order valence-corrected chi connectivity index (χ4v) is 5.18. The predicted molar refractivity (Wildman–Crippen MR) is 98.6 cm³/mol. The standard InChI is InChI=1S/C19H22F3N3O4S/c20-19(21,22)14-4-3-5-15(10-14)30(26,27)25-9-2-1-6-16(25)18-23-17(29-24-18)12-28-11-13-7-8-13/h3-5,10,13,16H,1-2,6-9,11-12H2. The summed E-state index contributed by atoms with van der Waals surface area (Å²) < 4.78 is 77.3. The summed E-state index contributed by atoms with van der Waals surface area (Å²) in [5.41, 5.74) is -1.01. The highest BCUT2D eigenvalue weighted by molar-refractivity contribution is 7.89. The molecular formula is C19H22F3N3O4S. The van der Waals surface area contributed by atoms with Crippen LogP contribution in [0, 0.1) is 5.92 Å². The maximum atomic E-state index is 13.2. The first-order chi connectivity index (χ1) is 14.2. The number of alkyl halides is 3. The van der Waals surface area contributed by atoms with Crippen LogP contribution in [0.15, 0.2) is 33.7 Å². The third kappa shape index (κ3) is 4.68. The summed E-state index contributed by atoms with van der Waals surface area (Å²) in [6.45, 7) is 0.944. The van der Waals surface area contributed by atoms with E-state index >= 15 is 0 Å². The van der Waals surface area contributed by atoms with Crippen molar-refractivity contribution in [1.82, 2.24) is 14.4 Å². The number of piperidine rings is 1. The van der Waals surface area contributed by atoms with Gasteiger partial charge in [-0.15, -0.1) is 0 Å². The number of aromatic nitrogens is 2. The van der Waals surface area contributed by atoms with Gasteiger partial charge in [0.2, 0.25) is 10.0 Å². The molecule has 1 saturated heterocycles. The lowest BCUT2D eigenvalue weighted by Crippen LogP contribution is -2.39. The van der Waals surface area contributed by atoms with E-state index in [9.17, 15) is 21.6 Å². The first kappa shape index (κ1) is 21.3. The van der Waals surface area contributed by atoms with Crippen molar-refractivity contribution in [1.29, 1.82) is 0 Å². The van der Waals surface area contributed by atoms with E-state index < -0.39 is 32.7 Å². The van der Waals surface area contributed by atoms with Gasteiger partial charge in [0.25, 0.3) is 5.89 Å². The summed E-state index contributed by atoms with van der Waals surface area (Å²) in [7, 11) is -4.17. The fourth-order valence-electron chi connectivity index (χ4n) is 3.48. The lowest BCUT2D eigenvalue weighted by molar-refractivity contribution is -0.137. The molecule has 0 amide bonds. The molecule has 1 aromatic carbocycles. The van der Waals surface area contributed by atoms with Crippen LogP contribution in [0.4, 0.5) is 13.2 Å². The second-order valence-corrected chi connectivity index (χ2v) is 9.55. The van der Waals surface area contributed by atoms with E-state index in [0.29, 0.717) is 31.4 Å². The number of hydrogen-bond donors (Lipinski definition) is 0. The van der Waals surface area contributed by atoms with Gasteiger partial charge in [0.1, 0.15) is 6.61 Å². The molecule has 2 heterocycles. The molecule has 0 N–H and O–H groups in total. The Balaban J connectivity index is 1.55. The third-order valence-electron chi connectivity index (χ3n) is 5.28. The molecule has 1 saturated carbocycles. The molecule has 1 aliphatic carbocycles. The van der Waals surface area contributed by atoms with Crippen LogP contribution in [0.3, 0.4) is 0 Å². The van der Waals surface area contributed by atoms with E-state index in [1.165, 1.54) is 10.4 Å². The minimum absolute atomic E-state index is 0.149. The number of rotatable bonds is 7. The quantitative estimate of drug-likeness (QED) is 0.642. The molecule has 0 bridgehead atoms. The van der Waals surface area contributed by atoms with Crippen molar-refractivity contribution in [3.63, 3.8) is 0 Å². The predicted octanol–water partition coefficient (Wildman–Crippen LogP) is 3.93. The van der Waals surface area contributed by atoms with Gasteiger partial charge in [-0.1, -0.05) is 17.6 Å². The van der Waals surface area contributed by atoms with Gasteiger partial charge in [0.15, 0.2) is 5.82 Å². The van der Waals surface area contributed by atoms with E-state index in [-0.39, 0.29) is 24.9 Å². The molecule has 1 unspecified atom stereocenters. The number of halogens is 3. The molecule has 1 atom stereocenters. The zero-order chi connectivity index (χ0) is 21.4. The molecule has 0 spiro atoms. The molecule has 2 aliphatic rings. The smallest absolute Gasteiger partial charge is 0.371 e. The molecule has 2 aromatic rings. The average Bonchev–Trinajstić information content (AvgIpc) is 3.43. The second kappa shape index (κ2) is 8.27. The molecule has 11 heteroatoms. The van der Waals surface area contributed by atoms with E-state index in [0.717, 1.165) is 31.4 Å². The summed E-state index contributed by atoms with van der Waals surface area (Å²) in [6, 6.07) is 3.08. The number of hydrogen-bond acceptors (Lipinski definition) is 6. The van der Waals surface area contributed by atoms with Gasteiger partial charge in [-0.25, -0.2) is 8.42 Å². The Morgan fingerprint density at radius 1 is 1.20 bits per heavy atom. The maximum absolute atomic E-state index is 13.2. The lowest BCUT2D eigenvalue weighted by Gasteiger charge is -2.32. The fraction of sp³-hybridized carbons (Fsp3) is 0.579. The molecule has 1 aliphatic heterocycles.